The second kappa shape index (κ2) is 13.9. The molecular weight excluding hydrogens is 466 g/mol. The number of nitrogens with one attached hydrogen (secondary N) is 2. The highest BCUT2D eigenvalue weighted by Crippen LogP contribution is 2.28. The van der Waals surface area contributed by atoms with E-state index in [4.69, 9.17) is 9.47 Å². The van der Waals surface area contributed by atoms with Gasteiger partial charge in [0, 0.05) is 30.8 Å². The third-order valence-corrected chi connectivity index (χ3v) is 6.82. The monoisotopic (exact) mass is 503 g/mol. The molecule has 1 aromatic heterocycles. The molecule has 0 saturated carbocycles. The fourth-order valence-electron chi connectivity index (χ4n) is 3.97. The van der Waals surface area contributed by atoms with Crippen LogP contribution in [0.25, 0.3) is 0 Å². The van der Waals surface area contributed by atoms with Crippen LogP contribution < -0.4 is 10.6 Å². The molecule has 2 aromatic rings. The molecule has 0 radical (unpaired) electrons. The van der Waals surface area contributed by atoms with E-state index in [9.17, 15) is 14.4 Å². The van der Waals surface area contributed by atoms with Crippen LogP contribution in [0.15, 0.2) is 35.7 Å². The highest BCUT2D eigenvalue weighted by molar-refractivity contribution is 7.09. The number of nitrogens with zero attached hydrogens (tertiary/aromatic N) is 1. The number of aromatic nitrogens is 1. The molecule has 1 amide bonds. The maximum absolute atomic E-state index is 13.1. The third kappa shape index (κ3) is 9.07. The second-order valence-corrected chi connectivity index (χ2v) is 9.95. The Labute approximate surface area is 211 Å². The minimum absolute atomic E-state index is 0.121. The largest absolute Gasteiger partial charge is 0.469 e. The lowest BCUT2D eigenvalue weighted by atomic mass is 9.96. The van der Waals surface area contributed by atoms with Gasteiger partial charge in [-0.3, -0.25) is 14.4 Å². The van der Waals surface area contributed by atoms with Crippen LogP contribution in [0, 0.1) is 11.8 Å². The van der Waals surface area contributed by atoms with E-state index in [0.717, 1.165) is 5.56 Å². The smallest absolute Gasteiger partial charge is 0.308 e. The van der Waals surface area contributed by atoms with Gasteiger partial charge in [-0.1, -0.05) is 51.1 Å². The predicted octanol–water partition coefficient (Wildman–Crippen LogP) is 3.92. The third-order valence-electron chi connectivity index (χ3n) is 5.88. The number of carbonyl (C=O) groups is 3. The molecule has 1 heterocycles. The number of esters is 2. The average Bonchev–Trinajstić information content (AvgIpc) is 3.31. The molecule has 0 bridgehead atoms. The van der Waals surface area contributed by atoms with Crippen molar-refractivity contribution in [3.63, 3.8) is 0 Å². The van der Waals surface area contributed by atoms with Crippen LogP contribution >= 0.6 is 11.3 Å². The lowest BCUT2D eigenvalue weighted by Crippen LogP contribution is -2.39. The summed E-state index contributed by atoms with van der Waals surface area (Å²) in [6, 6.07) is 9.62. The Bertz CT molecular complexity index is 963. The molecule has 2 rings (SSSR count). The Morgan fingerprint density at radius 1 is 1.09 bits per heavy atom. The summed E-state index contributed by atoms with van der Waals surface area (Å²) in [7, 11) is 3.23. The van der Waals surface area contributed by atoms with Crippen molar-refractivity contribution in [1.82, 2.24) is 15.6 Å². The second-order valence-electron chi connectivity index (χ2n) is 9.06. The molecule has 1 aromatic carbocycles. The summed E-state index contributed by atoms with van der Waals surface area (Å²) in [6.07, 6.45) is 1.01. The zero-order chi connectivity index (χ0) is 26.0. The summed E-state index contributed by atoms with van der Waals surface area (Å²) in [5, 5.41) is 8.54. The van der Waals surface area contributed by atoms with Gasteiger partial charge in [0.15, 0.2) is 6.10 Å². The molecule has 0 aliphatic heterocycles. The standard InChI is InChI=1S/C26H37N3O5S/c1-16(2)21(27-5)14-23(34-18(4)30)25-29-22(15-35-25)24(31)28-20(12-17(3)26(32)33-6)13-19-10-8-7-9-11-19/h7-11,15-17,20-21,23,27H,12-14H2,1-6H3,(H,28,31). The lowest BCUT2D eigenvalue weighted by molar-refractivity contribution is -0.147. The molecule has 4 atom stereocenters. The molecule has 8 nitrogen and oxygen atoms in total. The van der Waals surface area contributed by atoms with Crippen LogP contribution in [-0.4, -0.2) is 49.1 Å². The topological polar surface area (TPSA) is 107 Å². The number of thiazole rings is 1. The van der Waals surface area contributed by atoms with E-state index in [-0.39, 0.29) is 35.6 Å². The Balaban J connectivity index is 2.19. The predicted molar refractivity (Wildman–Crippen MR) is 136 cm³/mol. The van der Waals surface area contributed by atoms with Crippen LogP contribution in [0.3, 0.4) is 0 Å². The first-order chi connectivity index (χ1) is 16.6. The molecule has 35 heavy (non-hydrogen) atoms. The van der Waals surface area contributed by atoms with Gasteiger partial charge in [-0.15, -0.1) is 11.3 Å². The summed E-state index contributed by atoms with van der Waals surface area (Å²) in [5.41, 5.74) is 1.31. The van der Waals surface area contributed by atoms with Gasteiger partial charge in [0.05, 0.1) is 13.0 Å². The van der Waals surface area contributed by atoms with Gasteiger partial charge < -0.3 is 20.1 Å². The first-order valence-corrected chi connectivity index (χ1v) is 12.7. The van der Waals surface area contributed by atoms with Crippen LogP contribution in [0.2, 0.25) is 0 Å². The summed E-state index contributed by atoms with van der Waals surface area (Å²) in [5.74, 6) is -1.09. The van der Waals surface area contributed by atoms with E-state index in [0.29, 0.717) is 30.2 Å². The molecular formula is C26H37N3O5S. The van der Waals surface area contributed by atoms with Crippen LogP contribution in [-0.2, 0) is 25.5 Å². The Morgan fingerprint density at radius 3 is 2.34 bits per heavy atom. The minimum atomic E-state index is -0.543. The molecule has 192 valence electrons. The summed E-state index contributed by atoms with van der Waals surface area (Å²) in [4.78, 5) is 41.3. The van der Waals surface area contributed by atoms with Gasteiger partial charge in [-0.25, -0.2) is 4.98 Å². The SMILES string of the molecule is CNC(CC(OC(C)=O)c1nc(C(=O)NC(Cc2ccccc2)CC(C)C(=O)OC)cs1)C(C)C. The van der Waals surface area contributed by atoms with E-state index >= 15 is 0 Å². The van der Waals surface area contributed by atoms with Gasteiger partial charge in [-0.05, 0) is 31.4 Å². The van der Waals surface area contributed by atoms with Crippen molar-refractivity contribution in [3.8, 4) is 0 Å². The van der Waals surface area contributed by atoms with E-state index in [1.807, 2.05) is 37.4 Å². The summed E-state index contributed by atoms with van der Waals surface area (Å²) >= 11 is 1.29. The molecule has 0 aliphatic carbocycles. The number of benzene rings is 1. The maximum Gasteiger partial charge on any atom is 0.308 e. The molecule has 0 aliphatic rings. The van der Waals surface area contributed by atoms with E-state index in [1.165, 1.54) is 25.4 Å². The molecule has 0 spiro atoms. The zero-order valence-electron chi connectivity index (χ0n) is 21.4. The highest BCUT2D eigenvalue weighted by Gasteiger charge is 2.27. The number of hydrogen-bond acceptors (Lipinski definition) is 8. The number of amides is 1. The zero-order valence-corrected chi connectivity index (χ0v) is 22.2. The summed E-state index contributed by atoms with van der Waals surface area (Å²) < 4.78 is 10.4. The Hall–Kier alpha value is -2.78. The molecule has 4 unspecified atom stereocenters. The number of methoxy groups -OCH3 is 1. The summed E-state index contributed by atoms with van der Waals surface area (Å²) in [6.45, 7) is 7.34. The first-order valence-electron chi connectivity index (χ1n) is 11.9. The van der Waals surface area contributed by atoms with Crippen LogP contribution in [0.1, 0.15) is 67.7 Å². The molecule has 0 saturated heterocycles. The number of hydrogen-bond donors (Lipinski definition) is 2. The normalized spacial score (nSPS) is 14.6. The fraction of sp³-hybridized carbons (Fsp3) is 0.538. The van der Waals surface area contributed by atoms with Gasteiger partial charge in [0.1, 0.15) is 10.7 Å². The van der Waals surface area contributed by atoms with Crippen molar-refractivity contribution in [2.24, 2.45) is 11.8 Å². The van der Waals surface area contributed by atoms with E-state index in [1.54, 1.807) is 12.3 Å². The molecule has 9 heteroatoms. The van der Waals surface area contributed by atoms with E-state index in [2.05, 4.69) is 29.5 Å². The lowest BCUT2D eigenvalue weighted by Gasteiger charge is -2.24. The first kappa shape index (κ1) is 28.5. The van der Waals surface area contributed by atoms with Gasteiger partial charge in [-0.2, -0.15) is 0 Å². The molecule has 2 N–H and O–H groups in total. The van der Waals surface area contributed by atoms with Gasteiger partial charge in [0.25, 0.3) is 5.91 Å². The van der Waals surface area contributed by atoms with Crippen molar-refractivity contribution >= 4 is 29.2 Å². The quantitative estimate of drug-likeness (QED) is 0.399. The highest BCUT2D eigenvalue weighted by atomic mass is 32.1. The Kier molecular flexibility index (Phi) is 11.3. The van der Waals surface area contributed by atoms with Crippen molar-refractivity contribution < 1.29 is 23.9 Å². The Morgan fingerprint density at radius 2 is 1.77 bits per heavy atom. The van der Waals surface area contributed by atoms with Crippen molar-refractivity contribution in [2.45, 2.75) is 65.1 Å². The maximum atomic E-state index is 13.1. The van der Waals surface area contributed by atoms with Gasteiger partial charge >= 0.3 is 11.9 Å². The number of rotatable bonds is 13. The van der Waals surface area contributed by atoms with Crippen molar-refractivity contribution in [3.05, 3.63) is 52.0 Å². The van der Waals surface area contributed by atoms with E-state index < -0.39 is 12.1 Å². The van der Waals surface area contributed by atoms with Crippen LogP contribution in [0.5, 0.6) is 0 Å². The number of ether oxygens (including phenoxy) is 2. The van der Waals surface area contributed by atoms with Crippen molar-refractivity contribution in [1.29, 1.82) is 0 Å². The van der Waals surface area contributed by atoms with Crippen LogP contribution in [0.4, 0.5) is 0 Å². The number of carbonyl (C=O) groups excluding carboxylic acids is 3. The molecule has 0 fully saturated rings. The van der Waals surface area contributed by atoms with Crippen molar-refractivity contribution in [2.75, 3.05) is 14.2 Å². The average molecular weight is 504 g/mol. The fourth-order valence-corrected chi connectivity index (χ4v) is 4.81. The minimum Gasteiger partial charge on any atom is -0.469 e. The van der Waals surface area contributed by atoms with Gasteiger partial charge in [0.2, 0.25) is 0 Å².